The lowest BCUT2D eigenvalue weighted by molar-refractivity contribution is 0.228. The van der Waals surface area contributed by atoms with Gasteiger partial charge in [-0.3, -0.25) is 0 Å². The van der Waals surface area contributed by atoms with Gasteiger partial charge in [0.25, 0.3) is 0 Å². The highest BCUT2D eigenvalue weighted by Gasteiger charge is 2.04. The highest BCUT2D eigenvalue weighted by molar-refractivity contribution is 5.26. The molecule has 0 saturated carbocycles. The zero-order chi connectivity index (χ0) is 9.14. The van der Waals surface area contributed by atoms with Crippen molar-refractivity contribution in [3.05, 3.63) is 47.8 Å². The van der Waals surface area contributed by atoms with Crippen molar-refractivity contribution in [3.8, 4) is 0 Å². The van der Waals surface area contributed by atoms with Gasteiger partial charge in [0.1, 0.15) is 5.82 Å². The van der Waals surface area contributed by atoms with Crippen molar-refractivity contribution in [1.82, 2.24) is 0 Å². The van der Waals surface area contributed by atoms with Crippen LogP contribution in [0.3, 0.4) is 0 Å². The van der Waals surface area contributed by atoms with Gasteiger partial charge in [-0.2, -0.15) is 0 Å². The van der Waals surface area contributed by atoms with Gasteiger partial charge in [0.05, 0.1) is 6.10 Å². The minimum atomic E-state index is -0.778. The summed E-state index contributed by atoms with van der Waals surface area (Å²) in [7, 11) is 0. The van der Waals surface area contributed by atoms with Crippen LogP contribution in [-0.2, 0) is 0 Å². The molecule has 0 aliphatic rings. The molecular formula is C10H11FO. The molecule has 0 aromatic heterocycles. The SMILES string of the molecule is C=CC(O)c1ccc(C)c(F)c1. The fourth-order valence-electron chi connectivity index (χ4n) is 0.929. The van der Waals surface area contributed by atoms with Crippen LogP contribution in [0.1, 0.15) is 17.2 Å². The van der Waals surface area contributed by atoms with Gasteiger partial charge in [-0.25, -0.2) is 4.39 Å². The number of halogens is 1. The van der Waals surface area contributed by atoms with E-state index >= 15 is 0 Å². The van der Waals surface area contributed by atoms with Crippen LogP contribution in [0.4, 0.5) is 4.39 Å². The van der Waals surface area contributed by atoms with Gasteiger partial charge in [0.15, 0.2) is 0 Å². The lowest BCUT2D eigenvalue weighted by Crippen LogP contribution is -1.94. The number of aliphatic hydroxyl groups excluding tert-OH is 1. The van der Waals surface area contributed by atoms with Gasteiger partial charge in [-0.15, -0.1) is 6.58 Å². The van der Waals surface area contributed by atoms with Gasteiger partial charge in [0, 0.05) is 0 Å². The van der Waals surface area contributed by atoms with Gasteiger partial charge in [-0.1, -0.05) is 18.2 Å². The maximum Gasteiger partial charge on any atom is 0.126 e. The Labute approximate surface area is 71.2 Å². The predicted molar refractivity (Wildman–Crippen MR) is 46.3 cm³/mol. The summed E-state index contributed by atoms with van der Waals surface area (Å²) in [6.07, 6.45) is 0.587. The molecule has 0 amide bonds. The van der Waals surface area contributed by atoms with Crippen molar-refractivity contribution >= 4 is 0 Å². The highest BCUT2D eigenvalue weighted by Crippen LogP contribution is 2.16. The minimum absolute atomic E-state index is 0.298. The Hall–Kier alpha value is -1.15. The molecular weight excluding hydrogens is 155 g/mol. The van der Waals surface area contributed by atoms with Crippen LogP contribution >= 0.6 is 0 Å². The Kier molecular flexibility index (Phi) is 2.61. The van der Waals surface area contributed by atoms with Crippen LogP contribution in [0.2, 0.25) is 0 Å². The summed E-state index contributed by atoms with van der Waals surface area (Å²) in [5.74, 6) is -0.298. The Morgan fingerprint density at radius 3 is 2.75 bits per heavy atom. The molecule has 1 nitrogen and oxygen atoms in total. The summed E-state index contributed by atoms with van der Waals surface area (Å²) in [5.41, 5.74) is 1.11. The van der Waals surface area contributed by atoms with E-state index < -0.39 is 6.10 Å². The molecule has 0 heterocycles. The molecule has 0 saturated heterocycles. The highest BCUT2D eigenvalue weighted by atomic mass is 19.1. The molecule has 0 radical (unpaired) electrons. The largest absolute Gasteiger partial charge is 0.384 e. The first kappa shape index (κ1) is 8.94. The molecule has 1 atom stereocenters. The number of hydrogen-bond donors (Lipinski definition) is 1. The van der Waals surface area contributed by atoms with Crippen LogP contribution in [0.25, 0.3) is 0 Å². The fraction of sp³-hybridized carbons (Fsp3) is 0.200. The smallest absolute Gasteiger partial charge is 0.126 e. The van der Waals surface area contributed by atoms with E-state index in [1.54, 1.807) is 19.1 Å². The average molecular weight is 166 g/mol. The standard InChI is InChI=1S/C10H11FO/c1-3-10(12)8-5-4-7(2)9(11)6-8/h3-6,10,12H,1H2,2H3. The van der Waals surface area contributed by atoms with Crippen LogP contribution in [0.5, 0.6) is 0 Å². The van der Waals surface area contributed by atoms with Crippen molar-refractivity contribution in [3.63, 3.8) is 0 Å². The number of aryl methyl sites for hydroxylation is 1. The van der Waals surface area contributed by atoms with E-state index in [-0.39, 0.29) is 5.82 Å². The molecule has 12 heavy (non-hydrogen) atoms. The van der Waals surface area contributed by atoms with Crippen molar-refractivity contribution in [1.29, 1.82) is 0 Å². The lowest BCUT2D eigenvalue weighted by atomic mass is 10.1. The summed E-state index contributed by atoms with van der Waals surface area (Å²) in [4.78, 5) is 0. The first-order chi connectivity index (χ1) is 5.65. The Morgan fingerprint density at radius 1 is 1.58 bits per heavy atom. The summed E-state index contributed by atoms with van der Waals surface area (Å²) in [6.45, 7) is 5.10. The zero-order valence-corrected chi connectivity index (χ0v) is 6.92. The van der Waals surface area contributed by atoms with Crippen LogP contribution in [0.15, 0.2) is 30.9 Å². The monoisotopic (exact) mass is 166 g/mol. The van der Waals surface area contributed by atoms with E-state index in [0.717, 1.165) is 0 Å². The van der Waals surface area contributed by atoms with E-state index in [1.807, 2.05) is 0 Å². The summed E-state index contributed by atoms with van der Waals surface area (Å²) < 4.78 is 12.9. The summed E-state index contributed by atoms with van der Waals surface area (Å²) in [6, 6.07) is 4.64. The van der Waals surface area contributed by atoms with Crippen molar-refractivity contribution in [2.24, 2.45) is 0 Å². The Morgan fingerprint density at radius 2 is 2.25 bits per heavy atom. The number of aliphatic hydroxyl groups is 1. The summed E-state index contributed by atoms with van der Waals surface area (Å²) >= 11 is 0. The lowest BCUT2D eigenvalue weighted by Gasteiger charge is -2.05. The average Bonchev–Trinajstić information content (AvgIpc) is 2.08. The molecule has 1 rings (SSSR count). The van der Waals surface area contributed by atoms with E-state index in [1.165, 1.54) is 12.1 Å². The summed E-state index contributed by atoms with van der Waals surface area (Å²) in [5, 5.41) is 9.26. The van der Waals surface area contributed by atoms with E-state index in [2.05, 4.69) is 6.58 Å². The maximum absolute atomic E-state index is 12.9. The van der Waals surface area contributed by atoms with Gasteiger partial charge < -0.3 is 5.11 Å². The number of rotatable bonds is 2. The van der Waals surface area contributed by atoms with Crippen LogP contribution < -0.4 is 0 Å². The number of hydrogen-bond acceptors (Lipinski definition) is 1. The van der Waals surface area contributed by atoms with Gasteiger partial charge in [0.2, 0.25) is 0 Å². The molecule has 1 aromatic carbocycles. The quantitative estimate of drug-likeness (QED) is 0.668. The number of benzene rings is 1. The molecule has 1 aromatic rings. The topological polar surface area (TPSA) is 20.2 Å². The van der Waals surface area contributed by atoms with Crippen LogP contribution in [-0.4, -0.2) is 5.11 Å². The van der Waals surface area contributed by atoms with Crippen molar-refractivity contribution < 1.29 is 9.50 Å². The van der Waals surface area contributed by atoms with Crippen LogP contribution in [0, 0.1) is 12.7 Å². The molecule has 1 unspecified atom stereocenters. The molecule has 0 spiro atoms. The third-order valence-corrected chi connectivity index (χ3v) is 1.76. The predicted octanol–water partition coefficient (Wildman–Crippen LogP) is 2.35. The second-order valence-electron chi connectivity index (χ2n) is 2.69. The van der Waals surface area contributed by atoms with E-state index in [9.17, 15) is 9.50 Å². The molecule has 2 heteroatoms. The molecule has 1 N–H and O–H groups in total. The normalized spacial score (nSPS) is 12.6. The van der Waals surface area contributed by atoms with E-state index in [4.69, 9.17) is 0 Å². The molecule has 0 aliphatic heterocycles. The molecule has 0 aliphatic carbocycles. The molecule has 0 fully saturated rings. The third kappa shape index (κ3) is 1.71. The molecule has 64 valence electrons. The van der Waals surface area contributed by atoms with Crippen molar-refractivity contribution in [2.75, 3.05) is 0 Å². The minimum Gasteiger partial charge on any atom is -0.384 e. The van der Waals surface area contributed by atoms with Crippen molar-refractivity contribution in [2.45, 2.75) is 13.0 Å². The fourth-order valence-corrected chi connectivity index (χ4v) is 0.929. The Bertz CT molecular complexity index is 294. The first-order valence-electron chi connectivity index (χ1n) is 3.72. The van der Waals surface area contributed by atoms with Gasteiger partial charge in [-0.05, 0) is 24.1 Å². The maximum atomic E-state index is 12.9. The first-order valence-corrected chi connectivity index (χ1v) is 3.72. The van der Waals surface area contributed by atoms with Gasteiger partial charge >= 0.3 is 0 Å². The third-order valence-electron chi connectivity index (χ3n) is 1.76. The van der Waals surface area contributed by atoms with E-state index in [0.29, 0.717) is 11.1 Å². The zero-order valence-electron chi connectivity index (χ0n) is 6.92. The second kappa shape index (κ2) is 3.50. The second-order valence-corrected chi connectivity index (χ2v) is 2.69. The molecule has 0 bridgehead atoms. The Balaban J connectivity index is 3.04.